The van der Waals surface area contributed by atoms with Gasteiger partial charge < -0.3 is 4.57 Å². The summed E-state index contributed by atoms with van der Waals surface area (Å²) >= 11 is 0. The Morgan fingerprint density at radius 3 is 2.19 bits per heavy atom. The van der Waals surface area contributed by atoms with Crippen LogP contribution in [0.1, 0.15) is 17.1 Å². The van der Waals surface area contributed by atoms with E-state index in [4.69, 9.17) is 0 Å². The van der Waals surface area contributed by atoms with Gasteiger partial charge in [0.2, 0.25) is 0 Å². The Kier molecular flexibility index (Phi) is 2.29. The van der Waals surface area contributed by atoms with Crippen LogP contribution in [-0.2, 0) is 6.18 Å². The van der Waals surface area contributed by atoms with E-state index < -0.39 is 11.9 Å². The molecular formula is C10H10F3N3. The molecule has 0 saturated carbocycles. The molecule has 1 N–H and O–H groups in total. The number of aryl methyl sites for hydroxylation is 2. The fourth-order valence-corrected chi connectivity index (χ4v) is 1.60. The Morgan fingerprint density at radius 1 is 1.19 bits per heavy atom. The first kappa shape index (κ1) is 10.8. The van der Waals surface area contributed by atoms with E-state index in [1.165, 1.54) is 0 Å². The van der Waals surface area contributed by atoms with Gasteiger partial charge in [-0.15, -0.1) is 0 Å². The highest BCUT2D eigenvalue weighted by Gasteiger charge is 2.33. The van der Waals surface area contributed by atoms with Gasteiger partial charge >= 0.3 is 6.18 Å². The van der Waals surface area contributed by atoms with E-state index in [0.29, 0.717) is 0 Å². The van der Waals surface area contributed by atoms with Crippen molar-refractivity contribution in [3.63, 3.8) is 0 Å². The number of halogens is 3. The van der Waals surface area contributed by atoms with Gasteiger partial charge in [0.05, 0.1) is 0 Å². The molecule has 86 valence electrons. The Morgan fingerprint density at radius 2 is 1.75 bits per heavy atom. The van der Waals surface area contributed by atoms with Crippen molar-refractivity contribution >= 4 is 0 Å². The van der Waals surface area contributed by atoms with Crippen LogP contribution in [0.4, 0.5) is 13.2 Å². The molecule has 3 nitrogen and oxygen atoms in total. The van der Waals surface area contributed by atoms with Gasteiger partial charge in [-0.1, -0.05) is 0 Å². The molecule has 2 aromatic rings. The van der Waals surface area contributed by atoms with Crippen molar-refractivity contribution in [2.24, 2.45) is 0 Å². The zero-order chi connectivity index (χ0) is 11.9. The molecular weight excluding hydrogens is 219 g/mol. The Hall–Kier alpha value is -1.72. The van der Waals surface area contributed by atoms with E-state index in [-0.39, 0.29) is 5.82 Å². The predicted molar refractivity (Wildman–Crippen MR) is 52.4 cm³/mol. The van der Waals surface area contributed by atoms with Crippen LogP contribution in [0, 0.1) is 13.8 Å². The number of hydrogen-bond donors (Lipinski definition) is 1. The number of nitrogens with zero attached hydrogens (tertiary/aromatic N) is 2. The van der Waals surface area contributed by atoms with Crippen LogP contribution in [-0.4, -0.2) is 14.8 Å². The third-order valence-corrected chi connectivity index (χ3v) is 2.37. The highest BCUT2D eigenvalue weighted by molar-refractivity contribution is 5.32. The van der Waals surface area contributed by atoms with Crippen LogP contribution >= 0.6 is 0 Å². The number of alkyl halides is 3. The Bertz CT molecular complexity index is 488. The molecule has 0 saturated heterocycles. The predicted octanol–water partition coefficient (Wildman–Crippen LogP) is 2.84. The van der Waals surface area contributed by atoms with Crippen molar-refractivity contribution in [2.45, 2.75) is 20.0 Å². The van der Waals surface area contributed by atoms with E-state index in [1.807, 2.05) is 31.1 Å². The smallest absolute Gasteiger partial charge is 0.302 e. The molecule has 0 amide bonds. The van der Waals surface area contributed by atoms with Crippen LogP contribution in [0.15, 0.2) is 18.2 Å². The molecule has 0 aliphatic heterocycles. The molecule has 0 fully saturated rings. The minimum absolute atomic E-state index is 0.257. The molecule has 6 heteroatoms. The lowest BCUT2D eigenvalue weighted by molar-refractivity contribution is -0.141. The summed E-state index contributed by atoms with van der Waals surface area (Å²) in [5.41, 5.74) is 0.852. The van der Waals surface area contributed by atoms with E-state index >= 15 is 0 Å². The molecule has 0 spiro atoms. The lowest BCUT2D eigenvalue weighted by Crippen LogP contribution is -2.04. The summed E-state index contributed by atoms with van der Waals surface area (Å²) in [7, 11) is 0. The van der Waals surface area contributed by atoms with Crippen molar-refractivity contribution in [1.82, 2.24) is 14.8 Å². The SMILES string of the molecule is Cc1ccc(C)n1-c1cc(C(F)(F)F)[nH]n1. The van der Waals surface area contributed by atoms with Gasteiger partial charge in [0.1, 0.15) is 5.69 Å². The molecule has 0 aliphatic rings. The van der Waals surface area contributed by atoms with Gasteiger partial charge in [-0.3, -0.25) is 5.10 Å². The van der Waals surface area contributed by atoms with E-state index in [1.54, 1.807) is 4.57 Å². The monoisotopic (exact) mass is 229 g/mol. The summed E-state index contributed by atoms with van der Waals surface area (Å²) in [4.78, 5) is 0. The second kappa shape index (κ2) is 3.40. The number of H-pyrrole nitrogens is 1. The fraction of sp³-hybridized carbons (Fsp3) is 0.300. The molecule has 0 aromatic carbocycles. The summed E-state index contributed by atoms with van der Waals surface area (Å²) in [5.74, 6) is 0.257. The summed E-state index contributed by atoms with van der Waals surface area (Å²) in [6.07, 6.45) is -4.39. The average Bonchev–Trinajstić information content (AvgIpc) is 2.72. The van der Waals surface area contributed by atoms with Crippen LogP contribution in [0.25, 0.3) is 5.82 Å². The van der Waals surface area contributed by atoms with Crippen LogP contribution in [0.5, 0.6) is 0 Å². The highest BCUT2D eigenvalue weighted by atomic mass is 19.4. The van der Waals surface area contributed by atoms with Crippen molar-refractivity contribution in [3.05, 3.63) is 35.3 Å². The van der Waals surface area contributed by atoms with E-state index in [2.05, 4.69) is 5.10 Å². The number of aromatic amines is 1. The fourth-order valence-electron chi connectivity index (χ4n) is 1.60. The van der Waals surface area contributed by atoms with Crippen molar-refractivity contribution in [2.75, 3.05) is 0 Å². The quantitative estimate of drug-likeness (QED) is 0.801. The second-order valence-electron chi connectivity index (χ2n) is 3.59. The molecule has 0 radical (unpaired) electrons. The minimum Gasteiger partial charge on any atom is -0.302 e. The zero-order valence-electron chi connectivity index (χ0n) is 8.76. The topological polar surface area (TPSA) is 33.6 Å². The number of nitrogens with one attached hydrogen (secondary N) is 1. The Labute approximate surface area is 89.9 Å². The van der Waals surface area contributed by atoms with Gasteiger partial charge in [0.25, 0.3) is 0 Å². The summed E-state index contributed by atoms with van der Waals surface area (Å²) in [5, 5.41) is 5.66. The molecule has 0 bridgehead atoms. The number of aromatic nitrogens is 3. The molecule has 2 rings (SSSR count). The molecule has 2 aromatic heterocycles. The largest absolute Gasteiger partial charge is 0.432 e. The first-order valence-corrected chi connectivity index (χ1v) is 4.67. The first-order valence-electron chi connectivity index (χ1n) is 4.67. The third-order valence-electron chi connectivity index (χ3n) is 2.37. The van der Waals surface area contributed by atoms with Gasteiger partial charge in [-0.2, -0.15) is 18.3 Å². The van der Waals surface area contributed by atoms with Gasteiger partial charge in [0, 0.05) is 17.5 Å². The molecule has 0 unspecified atom stereocenters. The summed E-state index contributed by atoms with van der Waals surface area (Å²) < 4.78 is 38.7. The normalized spacial score (nSPS) is 12.1. The first-order chi connectivity index (χ1) is 7.39. The number of rotatable bonds is 1. The van der Waals surface area contributed by atoms with Crippen LogP contribution in [0.2, 0.25) is 0 Å². The van der Waals surface area contributed by atoms with Gasteiger partial charge in [0.15, 0.2) is 5.82 Å². The molecule has 2 heterocycles. The van der Waals surface area contributed by atoms with Gasteiger partial charge in [-0.05, 0) is 26.0 Å². The Balaban J connectivity index is 2.47. The van der Waals surface area contributed by atoms with Crippen molar-refractivity contribution in [3.8, 4) is 5.82 Å². The lowest BCUT2D eigenvalue weighted by Gasteiger charge is -2.04. The number of hydrogen-bond acceptors (Lipinski definition) is 1. The maximum atomic E-state index is 12.4. The van der Waals surface area contributed by atoms with Crippen molar-refractivity contribution < 1.29 is 13.2 Å². The lowest BCUT2D eigenvalue weighted by atomic mass is 10.4. The van der Waals surface area contributed by atoms with Crippen LogP contribution in [0.3, 0.4) is 0 Å². The second-order valence-corrected chi connectivity index (χ2v) is 3.59. The molecule has 0 aliphatic carbocycles. The van der Waals surface area contributed by atoms with E-state index in [9.17, 15) is 13.2 Å². The van der Waals surface area contributed by atoms with Gasteiger partial charge in [-0.25, -0.2) is 0 Å². The standard InChI is InChI=1S/C10H10F3N3/c1-6-3-4-7(2)16(6)9-5-8(14-15-9)10(11,12)13/h3-5H,1-2H3,(H,14,15). The maximum absolute atomic E-state index is 12.4. The summed E-state index contributed by atoms with van der Waals surface area (Å²) in [6.45, 7) is 3.63. The van der Waals surface area contributed by atoms with Crippen molar-refractivity contribution in [1.29, 1.82) is 0 Å². The average molecular weight is 229 g/mol. The minimum atomic E-state index is -4.39. The summed E-state index contributed by atoms with van der Waals surface area (Å²) in [6, 6.07) is 4.66. The van der Waals surface area contributed by atoms with E-state index in [0.717, 1.165) is 17.5 Å². The van der Waals surface area contributed by atoms with Crippen LogP contribution < -0.4 is 0 Å². The third kappa shape index (κ3) is 1.70. The molecule has 16 heavy (non-hydrogen) atoms. The zero-order valence-corrected chi connectivity index (χ0v) is 8.76. The maximum Gasteiger partial charge on any atom is 0.432 e. The highest BCUT2D eigenvalue weighted by Crippen LogP contribution is 2.29. The molecule has 0 atom stereocenters.